The van der Waals surface area contributed by atoms with Crippen LogP contribution < -0.4 is 5.32 Å². The van der Waals surface area contributed by atoms with Gasteiger partial charge in [-0.15, -0.1) is 11.3 Å². The van der Waals surface area contributed by atoms with Gasteiger partial charge in [0.05, 0.1) is 12.6 Å². The zero-order valence-electron chi connectivity index (χ0n) is 11.9. The molecule has 0 saturated heterocycles. The van der Waals surface area contributed by atoms with Crippen molar-refractivity contribution < 1.29 is 4.79 Å². The van der Waals surface area contributed by atoms with E-state index in [4.69, 9.17) is 0 Å². The van der Waals surface area contributed by atoms with Crippen molar-refractivity contribution >= 4 is 17.2 Å². The van der Waals surface area contributed by atoms with Crippen LogP contribution in [0, 0.1) is 16.7 Å². The molecule has 1 aromatic heterocycles. The summed E-state index contributed by atoms with van der Waals surface area (Å²) in [5, 5.41) is 13.3. The molecule has 0 bridgehead atoms. The first kappa shape index (κ1) is 15.0. The Balaban J connectivity index is 1.97. The molecule has 20 heavy (non-hydrogen) atoms. The Morgan fingerprint density at radius 2 is 2.15 bits per heavy atom. The van der Waals surface area contributed by atoms with Crippen LogP contribution in [0.1, 0.15) is 55.3 Å². The second kappa shape index (κ2) is 6.85. The van der Waals surface area contributed by atoms with Crippen molar-refractivity contribution in [1.82, 2.24) is 10.3 Å². The standard InChI is InChI=1S/C15H21N3OS/c1-2-12-9-17-13(20-12)10-18-14(19)15(11-16)7-5-3-4-6-8-15/h9H,2-8,10H2,1H3,(H,18,19). The van der Waals surface area contributed by atoms with Crippen molar-refractivity contribution in [3.05, 3.63) is 16.1 Å². The molecule has 5 heteroatoms. The highest BCUT2D eigenvalue weighted by Gasteiger charge is 2.38. The molecular weight excluding hydrogens is 270 g/mol. The van der Waals surface area contributed by atoms with Gasteiger partial charge in [-0.05, 0) is 19.3 Å². The number of amides is 1. The fraction of sp³-hybridized carbons (Fsp3) is 0.667. The van der Waals surface area contributed by atoms with Gasteiger partial charge in [-0.25, -0.2) is 4.98 Å². The number of aryl methyl sites for hydroxylation is 1. The maximum absolute atomic E-state index is 12.4. The van der Waals surface area contributed by atoms with E-state index in [1.165, 1.54) is 4.88 Å². The van der Waals surface area contributed by atoms with Crippen molar-refractivity contribution in [2.24, 2.45) is 5.41 Å². The van der Waals surface area contributed by atoms with Crippen LogP contribution in [0.2, 0.25) is 0 Å². The molecule has 1 aromatic rings. The summed E-state index contributed by atoms with van der Waals surface area (Å²) < 4.78 is 0. The zero-order valence-corrected chi connectivity index (χ0v) is 12.8. The van der Waals surface area contributed by atoms with Gasteiger partial charge in [-0.3, -0.25) is 4.79 Å². The first-order valence-corrected chi connectivity index (χ1v) is 8.15. The fourth-order valence-corrected chi connectivity index (χ4v) is 3.44. The van der Waals surface area contributed by atoms with E-state index >= 15 is 0 Å². The first-order valence-electron chi connectivity index (χ1n) is 7.33. The Labute approximate surface area is 124 Å². The number of nitriles is 1. The number of aromatic nitrogens is 1. The Morgan fingerprint density at radius 3 is 2.70 bits per heavy atom. The summed E-state index contributed by atoms with van der Waals surface area (Å²) in [6.45, 7) is 2.53. The highest BCUT2D eigenvalue weighted by atomic mass is 32.1. The summed E-state index contributed by atoms with van der Waals surface area (Å²) in [5.74, 6) is -0.116. The van der Waals surface area contributed by atoms with E-state index in [0.29, 0.717) is 19.4 Å². The Morgan fingerprint density at radius 1 is 1.45 bits per heavy atom. The maximum Gasteiger partial charge on any atom is 0.240 e. The summed E-state index contributed by atoms with van der Waals surface area (Å²) in [5.41, 5.74) is -0.818. The average Bonchev–Trinajstić information content (AvgIpc) is 2.80. The summed E-state index contributed by atoms with van der Waals surface area (Å²) in [6, 6.07) is 2.28. The molecule has 1 amide bonds. The van der Waals surface area contributed by atoms with Crippen molar-refractivity contribution in [2.45, 2.75) is 58.4 Å². The van der Waals surface area contributed by atoms with Crippen LogP contribution in [-0.4, -0.2) is 10.9 Å². The van der Waals surface area contributed by atoms with Crippen LogP contribution in [0.5, 0.6) is 0 Å². The van der Waals surface area contributed by atoms with Crippen LogP contribution >= 0.6 is 11.3 Å². The lowest BCUT2D eigenvalue weighted by molar-refractivity contribution is -0.129. The second-order valence-electron chi connectivity index (χ2n) is 5.36. The minimum Gasteiger partial charge on any atom is -0.348 e. The van der Waals surface area contributed by atoms with Crippen molar-refractivity contribution in [3.63, 3.8) is 0 Å². The van der Waals surface area contributed by atoms with Crippen LogP contribution in [0.15, 0.2) is 6.20 Å². The molecular formula is C15H21N3OS. The molecule has 1 aliphatic rings. The lowest BCUT2D eigenvalue weighted by Crippen LogP contribution is -2.39. The smallest absolute Gasteiger partial charge is 0.240 e. The molecule has 2 rings (SSSR count). The molecule has 4 nitrogen and oxygen atoms in total. The number of carbonyl (C=O) groups excluding carboxylic acids is 1. The van der Waals surface area contributed by atoms with Crippen molar-refractivity contribution in [3.8, 4) is 6.07 Å². The van der Waals surface area contributed by atoms with Gasteiger partial charge in [0, 0.05) is 11.1 Å². The number of hydrogen-bond acceptors (Lipinski definition) is 4. The maximum atomic E-state index is 12.4. The molecule has 0 radical (unpaired) electrons. The van der Waals surface area contributed by atoms with Crippen LogP contribution in [0.25, 0.3) is 0 Å². The summed E-state index contributed by atoms with van der Waals surface area (Å²) in [7, 11) is 0. The number of nitrogens with zero attached hydrogens (tertiary/aromatic N) is 2. The molecule has 0 aromatic carbocycles. The average molecular weight is 291 g/mol. The third-order valence-electron chi connectivity index (χ3n) is 3.96. The normalized spacial score (nSPS) is 18.0. The van der Waals surface area contributed by atoms with Crippen LogP contribution in [0.4, 0.5) is 0 Å². The highest BCUT2D eigenvalue weighted by Crippen LogP contribution is 2.34. The van der Waals surface area contributed by atoms with Crippen LogP contribution in [0.3, 0.4) is 0 Å². The second-order valence-corrected chi connectivity index (χ2v) is 6.56. The van der Waals surface area contributed by atoms with Gasteiger partial charge in [0.2, 0.25) is 5.91 Å². The molecule has 0 spiro atoms. The lowest BCUT2D eigenvalue weighted by Gasteiger charge is -2.23. The Bertz CT molecular complexity index is 495. The minimum atomic E-state index is -0.818. The van der Waals surface area contributed by atoms with Gasteiger partial charge in [0.1, 0.15) is 10.4 Å². The van der Waals surface area contributed by atoms with Gasteiger partial charge in [-0.1, -0.05) is 32.6 Å². The van der Waals surface area contributed by atoms with E-state index in [1.807, 2.05) is 6.20 Å². The zero-order chi connectivity index (χ0) is 14.4. The van der Waals surface area contributed by atoms with E-state index in [2.05, 4.69) is 23.3 Å². The minimum absolute atomic E-state index is 0.116. The molecule has 0 atom stereocenters. The molecule has 1 heterocycles. The predicted molar refractivity (Wildman–Crippen MR) is 79.1 cm³/mol. The number of nitrogens with one attached hydrogen (secondary N) is 1. The van der Waals surface area contributed by atoms with Gasteiger partial charge in [0.25, 0.3) is 0 Å². The third kappa shape index (κ3) is 3.37. The van der Waals surface area contributed by atoms with Gasteiger partial charge >= 0.3 is 0 Å². The van der Waals surface area contributed by atoms with E-state index < -0.39 is 5.41 Å². The summed E-state index contributed by atoms with van der Waals surface area (Å²) in [6.07, 6.45) is 8.40. The van der Waals surface area contributed by atoms with Gasteiger partial charge in [0.15, 0.2) is 0 Å². The van der Waals surface area contributed by atoms with E-state index in [0.717, 1.165) is 37.1 Å². The van der Waals surface area contributed by atoms with Crippen molar-refractivity contribution in [2.75, 3.05) is 0 Å². The number of hydrogen-bond donors (Lipinski definition) is 1. The molecule has 108 valence electrons. The largest absolute Gasteiger partial charge is 0.348 e. The van der Waals surface area contributed by atoms with E-state index in [1.54, 1.807) is 11.3 Å². The Kier molecular flexibility index (Phi) is 5.13. The molecule has 1 fully saturated rings. The monoisotopic (exact) mass is 291 g/mol. The molecule has 1 saturated carbocycles. The molecule has 0 aliphatic heterocycles. The fourth-order valence-electron chi connectivity index (χ4n) is 2.64. The van der Waals surface area contributed by atoms with Gasteiger partial charge in [-0.2, -0.15) is 5.26 Å². The topological polar surface area (TPSA) is 65.8 Å². The first-order chi connectivity index (χ1) is 9.70. The quantitative estimate of drug-likeness (QED) is 0.866. The van der Waals surface area contributed by atoms with Gasteiger partial charge < -0.3 is 5.32 Å². The highest BCUT2D eigenvalue weighted by molar-refractivity contribution is 7.11. The van der Waals surface area contributed by atoms with Crippen molar-refractivity contribution in [1.29, 1.82) is 5.26 Å². The van der Waals surface area contributed by atoms with E-state index in [9.17, 15) is 10.1 Å². The number of carbonyl (C=O) groups is 1. The molecule has 0 unspecified atom stereocenters. The SMILES string of the molecule is CCc1cnc(CNC(=O)C2(C#N)CCCCCC2)s1. The number of rotatable bonds is 4. The Hall–Kier alpha value is -1.41. The number of thiazole rings is 1. The predicted octanol–water partition coefficient (Wildman–Crippen LogP) is 3.19. The molecule has 1 aliphatic carbocycles. The molecule has 1 N–H and O–H groups in total. The van der Waals surface area contributed by atoms with E-state index in [-0.39, 0.29) is 5.91 Å². The summed E-state index contributed by atoms with van der Waals surface area (Å²) in [4.78, 5) is 17.9. The van der Waals surface area contributed by atoms with Crippen LogP contribution in [-0.2, 0) is 17.8 Å². The summed E-state index contributed by atoms with van der Waals surface area (Å²) >= 11 is 1.62. The lowest BCUT2D eigenvalue weighted by atomic mass is 9.81. The third-order valence-corrected chi connectivity index (χ3v) is 5.10.